The highest BCUT2D eigenvalue weighted by Gasteiger charge is 2.29. The average molecular weight is 562 g/mol. The Balaban J connectivity index is 1.41. The Kier molecular flexibility index (Phi) is 7.77. The molecule has 8 nitrogen and oxygen atoms in total. The van der Waals surface area contributed by atoms with Crippen molar-refractivity contribution in [3.63, 3.8) is 0 Å². The molecule has 0 aliphatic carbocycles. The quantitative estimate of drug-likeness (QED) is 0.381. The Bertz CT molecular complexity index is 1570. The molecule has 0 spiro atoms. The van der Waals surface area contributed by atoms with Crippen molar-refractivity contribution in [3.8, 4) is 0 Å². The lowest BCUT2D eigenvalue weighted by Gasteiger charge is -2.32. The van der Waals surface area contributed by atoms with Gasteiger partial charge in [-0.05, 0) is 74.9 Å². The summed E-state index contributed by atoms with van der Waals surface area (Å²) in [7, 11) is 2.03. The van der Waals surface area contributed by atoms with Crippen LogP contribution < -0.4 is 10.6 Å². The lowest BCUT2D eigenvalue weighted by Crippen LogP contribution is -2.47. The first-order valence-electron chi connectivity index (χ1n) is 13.7. The highest BCUT2D eigenvalue weighted by atomic mass is 19.2. The van der Waals surface area contributed by atoms with E-state index < -0.39 is 23.6 Å². The largest absolute Gasteiger partial charge is 0.358 e. The van der Waals surface area contributed by atoms with Crippen molar-refractivity contribution in [1.82, 2.24) is 20.1 Å². The van der Waals surface area contributed by atoms with Gasteiger partial charge in [0.15, 0.2) is 11.6 Å². The van der Waals surface area contributed by atoms with Crippen LogP contribution in [0.1, 0.15) is 68.2 Å². The van der Waals surface area contributed by atoms with Crippen LogP contribution in [-0.2, 0) is 4.79 Å². The number of anilines is 1. The van der Waals surface area contributed by atoms with E-state index in [-0.39, 0.29) is 11.8 Å². The van der Waals surface area contributed by atoms with E-state index in [4.69, 9.17) is 0 Å². The number of halogens is 2. The number of aromatic nitrogens is 1. The number of amides is 3. The zero-order valence-electron chi connectivity index (χ0n) is 23.5. The third kappa shape index (κ3) is 5.52. The van der Waals surface area contributed by atoms with E-state index in [9.17, 15) is 23.2 Å². The summed E-state index contributed by atoms with van der Waals surface area (Å²) in [6.07, 6.45) is 2.18. The second-order valence-electron chi connectivity index (χ2n) is 10.6. The highest BCUT2D eigenvalue weighted by molar-refractivity contribution is 6.35. The number of nitrogens with zero attached hydrogens (tertiary/aromatic N) is 2. The van der Waals surface area contributed by atoms with Crippen molar-refractivity contribution >= 4 is 35.1 Å². The molecule has 1 atom stereocenters. The van der Waals surface area contributed by atoms with Gasteiger partial charge in [0.25, 0.3) is 17.7 Å². The average Bonchev–Trinajstić information content (AvgIpc) is 3.42. The van der Waals surface area contributed by atoms with Crippen molar-refractivity contribution in [2.24, 2.45) is 0 Å². The van der Waals surface area contributed by atoms with E-state index in [0.29, 0.717) is 58.7 Å². The van der Waals surface area contributed by atoms with Crippen molar-refractivity contribution in [2.75, 3.05) is 38.5 Å². The van der Waals surface area contributed by atoms with Gasteiger partial charge in [0.05, 0.1) is 17.2 Å². The van der Waals surface area contributed by atoms with E-state index in [1.807, 2.05) is 32.7 Å². The van der Waals surface area contributed by atoms with Crippen molar-refractivity contribution in [3.05, 3.63) is 87.2 Å². The molecule has 1 aromatic heterocycles. The molecule has 0 bridgehead atoms. The normalized spacial score (nSPS) is 17.0. The number of rotatable bonds is 6. The topological polar surface area (TPSA) is 97.5 Å². The van der Waals surface area contributed by atoms with Gasteiger partial charge in [-0.15, -0.1) is 0 Å². The fourth-order valence-corrected chi connectivity index (χ4v) is 5.42. The SMILES string of the molecule is CCC(NC(=O)c1ccc2c(c1)C(=Cc1[nH]c(C)c(C(=O)N3CCN(C)CC3)c1C)C(=O)N2)c1ccc(F)c(F)c1. The lowest BCUT2D eigenvalue weighted by atomic mass is 10.00. The van der Waals surface area contributed by atoms with Crippen LogP contribution in [0.4, 0.5) is 14.5 Å². The monoisotopic (exact) mass is 561 g/mol. The molecule has 2 aliphatic rings. The van der Waals surface area contributed by atoms with Crippen LogP contribution in [0.15, 0.2) is 36.4 Å². The number of aromatic amines is 1. The molecule has 3 aromatic rings. The van der Waals surface area contributed by atoms with Gasteiger partial charge in [0.2, 0.25) is 0 Å². The minimum atomic E-state index is -0.977. The molecule has 3 heterocycles. The molecule has 1 unspecified atom stereocenters. The number of benzene rings is 2. The van der Waals surface area contributed by atoms with E-state index in [2.05, 4.69) is 20.5 Å². The van der Waals surface area contributed by atoms with E-state index in [0.717, 1.165) is 36.5 Å². The van der Waals surface area contributed by atoms with Gasteiger partial charge in [0.1, 0.15) is 0 Å². The molecule has 2 aliphatic heterocycles. The molecule has 0 radical (unpaired) electrons. The highest BCUT2D eigenvalue weighted by Crippen LogP contribution is 2.35. The zero-order valence-corrected chi connectivity index (χ0v) is 23.5. The smallest absolute Gasteiger partial charge is 0.256 e. The summed E-state index contributed by atoms with van der Waals surface area (Å²) >= 11 is 0. The van der Waals surface area contributed by atoms with Crippen LogP contribution >= 0.6 is 0 Å². The van der Waals surface area contributed by atoms with Crippen LogP contribution in [0.5, 0.6) is 0 Å². The van der Waals surface area contributed by atoms with Crippen LogP contribution in [0, 0.1) is 25.5 Å². The standard InChI is InChI=1S/C31H33F2N5O3/c1-5-25(19-6-8-23(32)24(33)15-19)35-29(39)20-7-9-26-21(14-20)22(30(40)36-26)16-27-17(2)28(18(3)34-27)31(41)38-12-10-37(4)11-13-38/h6-9,14-16,25,34H,5,10-13H2,1-4H3,(H,35,39)(H,36,40). The van der Waals surface area contributed by atoms with Gasteiger partial charge in [0, 0.05) is 54.4 Å². The molecule has 5 rings (SSSR count). The maximum Gasteiger partial charge on any atom is 0.256 e. The molecule has 3 N–H and O–H groups in total. The van der Waals surface area contributed by atoms with E-state index >= 15 is 0 Å². The Hall–Kier alpha value is -4.31. The maximum absolute atomic E-state index is 13.8. The first kappa shape index (κ1) is 28.2. The van der Waals surface area contributed by atoms with Gasteiger partial charge in [-0.3, -0.25) is 14.4 Å². The number of aryl methyl sites for hydroxylation is 1. The molecule has 1 fully saturated rings. The number of piperazine rings is 1. The van der Waals surface area contributed by atoms with Crippen molar-refractivity contribution < 1.29 is 23.2 Å². The van der Waals surface area contributed by atoms with Crippen molar-refractivity contribution in [1.29, 1.82) is 0 Å². The molecular formula is C31H33F2N5O3. The summed E-state index contributed by atoms with van der Waals surface area (Å²) in [6, 6.07) is 7.94. The number of carbonyl (C=O) groups excluding carboxylic acids is 3. The number of likely N-dealkylation sites (N-methyl/N-ethyl adjacent to an activating group) is 1. The summed E-state index contributed by atoms with van der Waals surface area (Å²) in [4.78, 5) is 46.8. The Labute approximate surface area is 237 Å². The molecule has 1 saturated heterocycles. The molecule has 41 heavy (non-hydrogen) atoms. The molecule has 2 aromatic carbocycles. The zero-order chi connectivity index (χ0) is 29.4. The van der Waals surface area contributed by atoms with Gasteiger partial charge < -0.3 is 25.4 Å². The summed E-state index contributed by atoms with van der Waals surface area (Å²) in [5.41, 5.74) is 5.01. The van der Waals surface area contributed by atoms with Gasteiger partial charge in [-0.2, -0.15) is 0 Å². The van der Waals surface area contributed by atoms with Gasteiger partial charge in [-0.1, -0.05) is 13.0 Å². The third-order valence-corrected chi connectivity index (χ3v) is 7.89. The molecule has 0 saturated carbocycles. The molecule has 10 heteroatoms. The Morgan fingerprint density at radius 2 is 1.78 bits per heavy atom. The maximum atomic E-state index is 13.8. The third-order valence-electron chi connectivity index (χ3n) is 7.89. The second-order valence-corrected chi connectivity index (χ2v) is 10.6. The lowest BCUT2D eigenvalue weighted by molar-refractivity contribution is -0.110. The molecule has 3 amide bonds. The summed E-state index contributed by atoms with van der Waals surface area (Å²) in [6.45, 7) is 8.49. The minimum absolute atomic E-state index is 0.0317. The van der Waals surface area contributed by atoms with Gasteiger partial charge in [-0.25, -0.2) is 8.78 Å². The van der Waals surface area contributed by atoms with Crippen molar-refractivity contribution in [2.45, 2.75) is 33.2 Å². The van der Waals surface area contributed by atoms with Crippen LogP contribution in [0.2, 0.25) is 0 Å². The Morgan fingerprint density at radius 3 is 2.46 bits per heavy atom. The number of carbonyl (C=O) groups is 3. The second kappa shape index (κ2) is 11.3. The summed E-state index contributed by atoms with van der Waals surface area (Å²) in [5.74, 6) is -2.68. The number of hydrogen-bond acceptors (Lipinski definition) is 4. The predicted octanol–water partition coefficient (Wildman–Crippen LogP) is 4.67. The van der Waals surface area contributed by atoms with Crippen LogP contribution in [0.3, 0.4) is 0 Å². The Morgan fingerprint density at radius 1 is 1.05 bits per heavy atom. The van der Waals surface area contributed by atoms with Crippen LogP contribution in [-0.4, -0.2) is 65.7 Å². The van der Waals surface area contributed by atoms with E-state index in [1.165, 1.54) is 6.07 Å². The van der Waals surface area contributed by atoms with Gasteiger partial charge >= 0.3 is 0 Å². The number of fused-ring (bicyclic) bond motifs is 1. The fraction of sp³-hybridized carbons (Fsp3) is 0.323. The molecular weight excluding hydrogens is 528 g/mol. The minimum Gasteiger partial charge on any atom is -0.358 e. The van der Waals surface area contributed by atoms with E-state index in [1.54, 1.807) is 24.3 Å². The number of hydrogen-bond donors (Lipinski definition) is 3. The summed E-state index contributed by atoms with van der Waals surface area (Å²) in [5, 5.41) is 5.71. The number of nitrogens with one attached hydrogen (secondary N) is 3. The van der Waals surface area contributed by atoms with Crippen LogP contribution in [0.25, 0.3) is 11.6 Å². The number of H-pyrrole nitrogens is 1. The first-order chi connectivity index (χ1) is 19.6. The summed E-state index contributed by atoms with van der Waals surface area (Å²) < 4.78 is 27.2. The predicted molar refractivity (Wildman–Crippen MR) is 153 cm³/mol. The first-order valence-corrected chi connectivity index (χ1v) is 13.7. The molecule has 214 valence electrons. The fourth-order valence-electron chi connectivity index (χ4n) is 5.42.